The third kappa shape index (κ3) is 16.5. The molecule has 0 amide bonds. The second-order valence-corrected chi connectivity index (χ2v) is 8.25. The summed E-state index contributed by atoms with van der Waals surface area (Å²) in [6.45, 7) is 4.41. The van der Waals surface area contributed by atoms with Crippen molar-refractivity contribution in [2.24, 2.45) is 4.99 Å². The van der Waals surface area contributed by atoms with Gasteiger partial charge in [-0.05, 0) is 19.3 Å². The fourth-order valence-electron chi connectivity index (χ4n) is 3.90. The maximum absolute atomic E-state index is 9.10. The van der Waals surface area contributed by atoms with Gasteiger partial charge in [0.05, 0.1) is 6.54 Å². The van der Waals surface area contributed by atoms with E-state index in [2.05, 4.69) is 22.5 Å². The summed E-state index contributed by atoms with van der Waals surface area (Å²) in [7, 11) is 0. The van der Waals surface area contributed by atoms with Gasteiger partial charge in [-0.3, -0.25) is 4.99 Å². The highest BCUT2D eigenvalue weighted by molar-refractivity contribution is 5.85. The molecule has 0 bridgehead atoms. The maximum Gasteiger partial charge on any atom is 0.191 e. The van der Waals surface area contributed by atoms with E-state index in [1.54, 1.807) is 0 Å². The van der Waals surface area contributed by atoms with Crippen LogP contribution in [0.1, 0.15) is 116 Å². The minimum atomic E-state index is 0. The van der Waals surface area contributed by atoms with E-state index in [0.717, 1.165) is 31.9 Å². The van der Waals surface area contributed by atoms with Crippen LogP contribution in [0.5, 0.6) is 0 Å². The molecule has 0 radical (unpaired) electrons. The Morgan fingerprint density at radius 2 is 1.32 bits per heavy atom. The summed E-state index contributed by atoms with van der Waals surface area (Å²) >= 11 is 0. The molecular weight excluding hydrogens is 370 g/mol. The van der Waals surface area contributed by atoms with Crippen molar-refractivity contribution in [1.29, 1.82) is 0 Å². The molecule has 0 aromatic carbocycles. The van der Waals surface area contributed by atoms with Crippen LogP contribution in [0.4, 0.5) is 0 Å². The zero-order chi connectivity index (χ0) is 19.4. The number of nitrogens with zero attached hydrogens (tertiary/aromatic N) is 1. The molecule has 0 fully saturated rings. The Balaban J connectivity index is 0.00000729. The molecule has 0 saturated carbocycles. The molecule has 3 N–H and O–H groups in total. The molecule has 1 aliphatic heterocycles. The van der Waals surface area contributed by atoms with Crippen LogP contribution in [0.3, 0.4) is 0 Å². The lowest BCUT2D eigenvalue weighted by Gasteiger charge is -2.19. The summed E-state index contributed by atoms with van der Waals surface area (Å²) in [5.74, 6) is 0.961. The lowest BCUT2D eigenvalue weighted by atomic mass is 10.0. The predicted molar refractivity (Wildman–Crippen MR) is 126 cm³/mol. The number of halogens is 1. The molecule has 0 saturated heterocycles. The van der Waals surface area contributed by atoms with Gasteiger partial charge in [-0.15, -0.1) is 12.4 Å². The van der Waals surface area contributed by atoms with Crippen molar-refractivity contribution in [2.45, 2.75) is 122 Å². The van der Waals surface area contributed by atoms with Gasteiger partial charge in [0.15, 0.2) is 5.96 Å². The fraction of sp³-hybridized carbons (Fsp3) is 0.957. The molecule has 1 atom stereocenters. The Bertz CT molecular complexity index is 353. The largest absolute Gasteiger partial charge is 0.396 e. The summed E-state index contributed by atoms with van der Waals surface area (Å²) in [5.41, 5.74) is 0. The second-order valence-electron chi connectivity index (χ2n) is 8.25. The zero-order valence-corrected chi connectivity index (χ0v) is 19.3. The zero-order valence-electron chi connectivity index (χ0n) is 18.5. The van der Waals surface area contributed by atoms with Crippen molar-refractivity contribution in [1.82, 2.24) is 10.6 Å². The lowest BCUT2D eigenvalue weighted by molar-refractivity contribution is 0.275. The number of aliphatic hydroxyl groups is 1. The normalized spacial score (nSPS) is 14.3. The minimum absolute atomic E-state index is 0. The van der Waals surface area contributed by atoms with Gasteiger partial charge < -0.3 is 15.7 Å². The molecule has 1 aliphatic rings. The van der Waals surface area contributed by atoms with Crippen molar-refractivity contribution >= 4 is 18.4 Å². The average molecular weight is 418 g/mol. The standard InChI is InChI=1S/C23H47N3O.ClH/c1-2-3-4-5-6-7-8-9-10-11-12-13-14-15-17-22(18-16-21-27)26-23-24-19-20-25-23;/h22,27H,2-21H2,1H3,(H2,24,25,26);1H. The van der Waals surface area contributed by atoms with Crippen LogP contribution in [0, 0.1) is 0 Å². The predicted octanol–water partition coefficient (Wildman–Crippen LogP) is 5.97. The van der Waals surface area contributed by atoms with Crippen molar-refractivity contribution in [3.63, 3.8) is 0 Å². The van der Waals surface area contributed by atoms with Crippen LogP contribution in [0.2, 0.25) is 0 Å². The van der Waals surface area contributed by atoms with Crippen LogP contribution >= 0.6 is 12.4 Å². The molecule has 0 aromatic rings. The molecule has 1 unspecified atom stereocenters. The van der Waals surface area contributed by atoms with E-state index >= 15 is 0 Å². The highest BCUT2D eigenvalue weighted by Gasteiger charge is 2.12. The van der Waals surface area contributed by atoms with Gasteiger partial charge in [0.25, 0.3) is 0 Å². The topological polar surface area (TPSA) is 56.6 Å². The maximum atomic E-state index is 9.10. The summed E-state index contributed by atoms with van der Waals surface area (Å²) in [6, 6.07) is 0.457. The number of guanidine groups is 1. The van der Waals surface area contributed by atoms with E-state index < -0.39 is 0 Å². The quantitative estimate of drug-likeness (QED) is 0.227. The van der Waals surface area contributed by atoms with Crippen molar-refractivity contribution in [3.05, 3.63) is 0 Å². The molecule has 1 rings (SSSR count). The smallest absolute Gasteiger partial charge is 0.191 e. The lowest BCUT2D eigenvalue weighted by Crippen LogP contribution is -2.41. The number of nitrogens with one attached hydrogen (secondary N) is 2. The van der Waals surface area contributed by atoms with Crippen LogP contribution in [0.15, 0.2) is 4.99 Å². The van der Waals surface area contributed by atoms with Crippen molar-refractivity contribution < 1.29 is 5.11 Å². The highest BCUT2D eigenvalue weighted by Crippen LogP contribution is 2.14. The average Bonchev–Trinajstić information content (AvgIpc) is 3.19. The van der Waals surface area contributed by atoms with Crippen molar-refractivity contribution in [3.8, 4) is 0 Å². The Labute approximate surface area is 181 Å². The summed E-state index contributed by atoms with van der Waals surface area (Å²) in [5, 5.41) is 15.9. The third-order valence-electron chi connectivity index (χ3n) is 5.63. The third-order valence-corrected chi connectivity index (χ3v) is 5.63. The number of hydrogen-bond acceptors (Lipinski definition) is 4. The summed E-state index contributed by atoms with van der Waals surface area (Å²) in [4.78, 5) is 4.43. The van der Waals surface area contributed by atoms with E-state index in [9.17, 15) is 0 Å². The molecule has 0 aliphatic carbocycles. The molecule has 1 heterocycles. The molecular formula is C23H48ClN3O. The second kappa shape index (κ2) is 21.2. The van der Waals surface area contributed by atoms with E-state index in [-0.39, 0.29) is 19.0 Å². The highest BCUT2D eigenvalue weighted by atomic mass is 35.5. The minimum Gasteiger partial charge on any atom is -0.396 e. The van der Waals surface area contributed by atoms with E-state index in [4.69, 9.17) is 5.11 Å². The van der Waals surface area contributed by atoms with Gasteiger partial charge in [0.1, 0.15) is 0 Å². The molecule has 168 valence electrons. The first-order valence-electron chi connectivity index (χ1n) is 12.0. The van der Waals surface area contributed by atoms with Gasteiger partial charge >= 0.3 is 0 Å². The van der Waals surface area contributed by atoms with Gasteiger partial charge in [-0.1, -0.05) is 96.8 Å². The van der Waals surface area contributed by atoms with Gasteiger partial charge in [0.2, 0.25) is 0 Å². The first kappa shape index (κ1) is 27.5. The van der Waals surface area contributed by atoms with Gasteiger partial charge in [0, 0.05) is 19.2 Å². The molecule has 28 heavy (non-hydrogen) atoms. The van der Waals surface area contributed by atoms with E-state index in [1.165, 1.54) is 96.3 Å². The number of hydrogen-bond donors (Lipinski definition) is 3. The first-order valence-corrected chi connectivity index (χ1v) is 12.0. The van der Waals surface area contributed by atoms with Crippen LogP contribution in [-0.2, 0) is 0 Å². The first-order chi connectivity index (χ1) is 13.4. The number of aliphatic hydroxyl groups excluding tert-OH is 1. The number of aliphatic imine (C=N–C) groups is 1. The van der Waals surface area contributed by atoms with Crippen molar-refractivity contribution in [2.75, 3.05) is 19.7 Å². The molecule has 0 spiro atoms. The monoisotopic (exact) mass is 417 g/mol. The Morgan fingerprint density at radius 1 is 0.821 bits per heavy atom. The van der Waals surface area contributed by atoms with E-state index in [0.29, 0.717) is 6.04 Å². The summed E-state index contributed by atoms with van der Waals surface area (Å²) < 4.78 is 0. The molecule has 0 aromatic heterocycles. The van der Waals surface area contributed by atoms with Crippen LogP contribution in [-0.4, -0.2) is 36.8 Å². The van der Waals surface area contributed by atoms with Crippen LogP contribution < -0.4 is 10.6 Å². The Morgan fingerprint density at radius 3 is 1.79 bits per heavy atom. The molecule has 4 nitrogen and oxygen atoms in total. The number of rotatable bonds is 19. The number of unbranched alkanes of at least 4 members (excludes halogenated alkanes) is 13. The Kier molecular flexibility index (Phi) is 20.9. The Hall–Kier alpha value is -0.480. The molecule has 5 heteroatoms. The van der Waals surface area contributed by atoms with Gasteiger partial charge in [-0.2, -0.15) is 0 Å². The SMILES string of the molecule is CCCCCCCCCCCCCCCCC(CCCO)NC1=NCCN1.Cl. The summed E-state index contributed by atoms with van der Waals surface area (Å²) in [6.07, 6.45) is 22.8. The van der Waals surface area contributed by atoms with Crippen LogP contribution in [0.25, 0.3) is 0 Å². The van der Waals surface area contributed by atoms with E-state index in [1.807, 2.05) is 0 Å². The van der Waals surface area contributed by atoms with Gasteiger partial charge in [-0.25, -0.2) is 0 Å². The fourth-order valence-corrected chi connectivity index (χ4v) is 3.90.